The molecule has 0 atom stereocenters. The van der Waals surface area contributed by atoms with E-state index in [4.69, 9.17) is 11.6 Å². The molecule has 0 unspecified atom stereocenters. The highest BCUT2D eigenvalue weighted by atomic mass is 35.5. The molecule has 4 nitrogen and oxygen atoms in total. The van der Waals surface area contributed by atoms with Gasteiger partial charge in [-0.1, -0.05) is 6.07 Å². The van der Waals surface area contributed by atoms with Crippen LogP contribution >= 0.6 is 22.9 Å². The molecule has 1 aromatic heterocycles. The van der Waals surface area contributed by atoms with E-state index in [0.29, 0.717) is 10.6 Å². The number of aryl methyl sites for hydroxylation is 3. The SMILES string of the molecule is Cc1ccc(NC(=O)c2c(NC(=O)CCl)sc3c2CCCC3)cc1C. The predicted octanol–water partition coefficient (Wildman–Crippen LogP) is 4.67. The number of halogens is 1. The van der Waals surface area contributed by atoms with Crippen LogP contribution in [0.5, 0.6) is 0 Å². The van der Waals surface area contributed by atoms with Crippen molar-refractivity contribution in [1.29, 1.82) is 0 Å². The fraction of sp³-hybridized carbons (Fsp3) is 0.368. The van der Waals surface area contributed by atoms with E-state index in [1.54, 1.807) is 0 Å². The summed E-state index contributed by atoms with van der Waals surface area (Å²) < 4.78 is 0. The second-order valence-electron chi connectivity index (χ2n) is 6.35. The molecular formula is C19H21ClN2O2S. The second-order valence-corrected chi connectivity index (χ2v) is 7.72. The summed E-state index contributed by atoms with van der Waals surface area (Å²) in [6, 6.07) is 5.85. The zero-order valence-corrected chi connectivity index (χ0v) is 15.9. The summed E-state index contributed by atoms with van der Waals surface area (Å²) in [5.74, 6) is -0.589. The fourth-order valence-corrected chi connectivity index (χ4v) is 4.44. The molecule has 25 heavy (non-hydrogen) atoms. The van der Waals surface area contributed by atoms with E-state index in [0.717, 1.165) is 42.5 Å². The van der Waals surface area contributed by atoms with Gasteiger partial charge in [0.05, 0.1) is 5.56 Å². The number of alkyl halides is 1. The topological polar surface area (TPSA) is 58.2 Å². The Balaban J connectivity index is 1.93. The van der Waals surface area contributed by atoms with Crippen molar-refractivity contribution < 1.29 is 9.59 Å². The standard InChI is InChI=1S/C19H21ClN2O2S/c1-11-7-8-13(9-12(11)2)21-18(24)17-14-5-3-4-6-15(14)25-19(17)22-16(23)10-20/h7-9H,3-6,10H2,1-2H3,(H,21,24)(H,22,23). The molecule has 1 aliphatic carbocycles. The van der Waals surface area contributed by atoms with E-state index in [2.05, 4.69) is 10.6 Å². The van der Waals surface area contributed by atoms with Gasteiger partial charge in [-0.15, -0.1) is 22.9 Å². The lowest BCUT2D eigenvalue weighted by molar-refractivity contribution is -0.113. The van der Waals surface area contributed by atoms with Crippen LogP contribution in [0.4, 0.5) is 10.7 Å². The third-order valence-corrected chi connectivity index (χ3v) is 5.99. The molecule has 0 fully saturated rings. The van der Waals surface area contributed by atoms with Crippen LogP contribution in [0, 0.1) is 13.8 Å². The van der Waals surface area contributed by atoms with E-state index < -0.39 is 0 Å². The van der Waals surface area contributed by atoms with E-state index in [1.165, 1.54) is 21.8 Å². The van der Waals surface area contributed by atoms with Gasteiger partial charge in [-0.05, 0) is 68.4 Å². The summed E-state index contributed by atoms with van der Waals surface area (Å²) in [5.41, 5.74) is 4.74. The van der Waals surface area contributed by atoms with Crippen LogP contribution in [0.2, 0.25) is 0 Å². The molecule has 1 heterocycles. The van der Waals surface area contributed by atoms with Crippen LogP contribution in [0.15, 0.2) is 18.2 Å². The normalized spacial score (nSPS) is 13.2. The van der Waals surface area contributed by atoms with Crippen LogP contribution in [0.3, 0.4) is 0 Å². The largest absolute Gasteiger partial charge is 0.322 e. The number of carbonyl (C=O) groups is 2. The zero-order chi connectivity index (χ0) is 18.0. The summed E-state index contributed by atoms with van der Waals surface area (Å²) >= 11 is 7.11. The summed E-state index contributed by atoms with van der Waals surface area (Å²) in [4.78, 5) is 25.9. The minimum Gasteiger partial charge on any atom is -0.322 e. The Kier molecular flexibility index (Phi) is 5.45. The van der Waals surface area contributed by atoms with E-state index >= 15 is 0 Å². The minimum atomic E-state index is -0.291. The Morgan fingerprint density at radius 3 is 2.60 bits per heavy atom. The van der Waals surface area contributed by atoms with Crippen LogP contribution in [-0.4, -0.2) is 17.7 Å². The predicted molar refractivity (Wildman–Crippen MR) is 104 cm³/mol. The van der Waals surface area contributed by atoms with E-state index in [1.807, 2.05) is 32.0 Å². The number of fused-ring (bicyclic) bond motifs is 1. The first kappa shape index (κ1) is 18.0. The second kappa shape index (κ2) is 7.58. The Morgan fingerprint density at radius 1 is 1.12 bits per heavy atom. The molecular weight excluding hydrogens is 356 g/mol. The molecule has 0 bridgehead atoms. The number of carbonyl (C=O) groups excluding carboxylic acids is 2. The number of thiophene rings is 1. The van der Waals surface area contributed by atoms with Crippen LogP contribution < -0.4 is 10.6 Å². The van der Waals surface area contributed by atoms with Crippen LogP contribution in [-0.2, 0) is 17.6 Å². The lowest BCUT2D eigenvalue weighted by Gasteiger charge is -2.14. The molecule has 1 aliphatic rings. The molecule has 2 aromatic rings. The molecule has 1 aromatic carbocycles. The van der Waals surface area contributed by atoms with Crippen LogP contribution in [0.1, 0.15) is 44.8 Å². The van der Waals surface area contributed by atoms with E-state index in [9.17, 15) is 9.59 Å². The van der Waals surface area contributed by atoms with Gasteiger partial charge >= 0.3 is 0 Å². The average Bonchev–Trinajstić information content (AvgIpc) is 2.95. The number of anilines is 2. The van der Waals surface area contributed by atoms with Gasteiger partial charge in [0, 0.05) is 10.6 Å². The molecule has 6 heteroatoms. The van der Waals surface area contributed by atoms with Crippen molar-refractivity contribution in [3.8, 4) is 0 Å². The maximum atomic E-state index is 12.9. The third kappa shape index (κ3) is 3.88. The van der Waals surface area contributed by atoms with E-state index in [-0.39, 0.29) is 17.7 Å². The maximum Gasteiger partial charge on any atom is 0.258 e. The monoisotopic (exact) mass is 376 g/mol. The number of hydrogen-bond acceptors (Lipinski definition) is 3. The molecule has 3 rings (SSSR count). The first-order valence-corrected chi connectivity index (χ1v) is 9.73. The highest BCUT2D eigenvalue weighted by Crippen LogP contribution is 2.38. The van der Waals surface area contributed by atoms with Gasteiger partial charge in [-0.25, -0.2) is 0 Å². The van der Waals surface area contributed by atoms with Gasteiger partial charge in [0.15, 0.2) is 0 Å². The average molecular weight is 377 g/mol. The molecule has 0 aliphatic heterocycles. The number of amides is 2. The zero-order valence-electron chi connectivity index (χ0n) is 14.4. The lowest BCUT2D eigenvalue weighted by Crippen LogP contribution is -2.19. The third-order valence-electron chi connectivity index (χ3n) is 4.54. The fourth-order valence-electron chi connectivity index (χ4n) is 3.07. The van der Waals surface area contributed by atoms with Gasteiger partial charge in [0.1, 0.15) is 10.9 Å². The van der Waals surface area contributed by atoms with Gasteiger partial charge in [0.2, 0.25) is 5.91 Å². The Hall–Kier alpha value is -1.85. The smallest absolute Gasteiger partial charge is 0.258 e. The lowest BCUT2D eigenvalue weighted by atomic mass is 9.95. The quantitative estimate of drug-likeness (QED) is 0.761. The molecule has 0 radical (unpaired) electrons. The molecule has 2 N–H and O–H groups in total. The van der Waals surface area contributed by atoms with Gasteiger partial charge < -0.3 is 10.6 Å². The number of nitrogens with one attached hydrogen (secondary N) is 2. The molecule has 0 saturated heterocycles. The minimum absolute atomic E-state index is 0.124. The first-order valence-electron chi connectivity index (χ1n) is 8.38. The van der Waals surface area contributed by atoms with Crippen molar-refractivity contribution in [3.63, 3.8) is 0 Å². The highest BCUT2D eigenvalue weighted by molar-refractivity contribution is 7.17. The Bertz CT molecular complexity index is 829. The number of hydrogen-bond donors (Lipinski definition) is 2. The molecule has 132 valence electrons. The molecule has 0 spiro atoms. The van der Waals surface area contributed by atoms with Crippen molar-refractivity contribution in [3.05, 3.63) is 45.3 Å². The van der Waals surface area contributed by atoms with Crippen molar-refractivity contribution in [2.45, 2.75) is 39.5 Å². The van der Waals surface area contributed by atoms with Crippen LogP contribution in [0.25, 0.3) is 0 Å². The summed E-state index contributed by atoms with van der Waals surface area (Å²) in [5, 5.41) is 6.38. The number of benzene rings is 1. The summed E-state index contributed by atoms with van der Waals surface area (Å²) in [6.07, 6.45) is 4.02. The van der Waals surface area contributed by atoms with Crippen molar-refractivity contribution in [2.24, 2.45) is 0 Å². The van der Waals surface area contributed by atoms with Crippen molar-refractivity contribution in [2.75, 3.05) is 16.5 Å². The van der Waals surface area contributed by atoms with Gasteiger partial charge in [0.25, 0.3) is 5.91 Å². The Morgan fingerprint density at radius 2 is 1.88 bits per heavy atom. The van der Waals surface area contributed by atoms with Gasteiger partial charge in [-0.2, -0.15) is 0 Å². The molecule has 0 saturated carbocycles. The van der Waals surface area contributed by atoms with Crippen molar-refractivity contribution in [1.82, 2.24) is 0 Å². The molecule has 2 amide bonds. The maximum absolute atomic E-state index is 12.9. The summed E-state index contributed by atoms with van der Waals surface area (Å²) in [7, 11) is 0. The van der Waals surface area contributed by atoms with Gasteiger partial charge in [-0.3, -0.25) is 9.59 Å². The van der Waals surface area contributed by atoms with Crippen molar-refractivity contribution >= 4 is 45.4 Å². The number of rotatable bonds is 4. The Labute approximate surface area is 156 Å². The highest BCUT2D eigenvalue weighted by Gasteiger charge is 2.26. The summed E-state index contributed by atoms with van der Waals surface area (Å²) in [6.45, 7) is 4.06. The first-order chi connectivity index (χ1) is 12.0.